The maximum atomic E-state index is 12.4. The zero-order valence-electron chi connectivity index (χ0n) is 15.2. The zero-order chi connectivity index (χ0) is 19.4. The molecule has 0 bridgehead atoms. The van der Waals surface area contributed by atoms with Crippen molar-refractivity contribution in [1.29, 1.82) is 0 Å². The Morgan fingerprint density at radius 1 is 1.26 bits per heavy atom. The summed E-state index contributed by atoms with van der Waals surface area (Å²) in [5, 5.41) is 5.31. The summed E-state index contributed by atoms with van der Waals surface area (Å²) in [5.41, 5.74) is 0.152. The van der Waals surface area contributed by atoms with Crippen molar-refractivity contribution in [3.63, 3.8) is 0 Å². The Labute approximate surface area is 157 Å². The topological polar surface area (TPSA) is 105 Å². The van der Waals surface area contributed by atoms with E-state index in [1.165, 1.54) is 0 Å². The van der Waals surface area contributed by atoms with Crippen LogP contribution in [0, 0.1) is 5.92 Å². The van der Waals surface area contributed by atoms with Crippen molar-refractivity contribution in [3.05, 3.63) is 35.9 Å². The molecule has 2 aliphatic rings. The van der Waals surface area contributed by atoms with Gasteiger partial charge in [-0.3, -0.25) is 19.3 Å². The molecule has 8 heteroatoms. The van der Waals surface area contributed by atoms with Crippen LogP contribution in [-0.4, -0.2) is 54.0 Å². The lowest BCUT2D eigenvalue weighted by atomic mass is 9.96. The van der Waals surface area contributed by atoms with Gasteiger partial charge in [-0.05, 0) is 37.7 Å². The van der Waals surface area contributed by atoms with Gasteiger partial charge in [0.15, 0.2) is 6.61 Å². The van der Waals surface area contributed by atoms with E-state index in [1.807, 2.05) is 30.3 Å². The van der Waals surface area contributed by atoms with Crippen LogP contribution in [0.5, 0.6) is 0 Å². The van der Waals surface area contributed by atoms with Gasteiger partial charge in [-0.25, -0.2) is 4.79 Å². The van der Waals surface area contributed by atoms with Gasteiger partial charge in [-0.15, -0.1) is 0 Å². The van der Waals surface area contributed by atoms with Crippen molar-refractivity contribution < 1.29 is 23.9 Å². The predicted molar refractivity (Wildman–Crippen MR) is 95.5 cm³/mol. The third-order valence-corrected chi connectivity index (χ3v) is 4.93. The number of imide groups is 1. The first-order valence-corrected chi connectivity index (χ1v) is 9.00. The van der Waals surface area contributed by atoms with Gasteiger partial charge in [-0.2, -0.15) is 0 Å². The second-order valence-electron chi connectivity index (χ2n) is 7.04. The Morgan fingerprint density at radius 3 is 2.63 bits per heavy atom. The van der Waals surface area contributed by atoms with Crippen LogP contribution < -0.4 is 10.6 Å². The van der Waals surface area contributed by atoms with E-state index in [0.29, 0.717) is 13.0 Å². The fourth-order valence-electron chi connectivity index (χ4n) is 3.16. The molecule has 2 N–H and O–H groups in total. The van der Waals surface area contributed by atoms with Crippen molar-refractivity contribution >= 4 is 23.8 Å². The van der Waals surface area contributed by atoms with E-state index in [2.05, 4.69) is 10.6 Å². The van der Waals surface area contributed by atoms with E-state index in [9.17, 15) is 19.2 Å². The number of nitrogens with one attached hydrogen (secondary N) is 2. The van der Waals surface area contributed by atoms with Crippen LogP contribution in [-0.2, 0) is 25.5 Å². The molecule has 8 nitrogen and oxygen atoms in total. The second kappa shape index (κ2) is 7.77. The minimum atomic E-state index is -0.938. The largest absolute Gasteiger partial charge is 0.454 e. The van der Waals surface area contributed by atoms with Crippen molar-refractivity contribution in [2.75, 3.05) is 19.7 Å². The van der Waals surface area contributed by atoms with E-state index < -0.39 is 42.5 Å². The molecule has 4 amide bonds. The number of hydrogen-bond donors (Lipinski definition) is 2. The van der Waals surface area contributed by atoms with E-state index >= 15 is 0 Å². The van der Waals surface area contributed by atoms with Gasteiger partial charge in [0.25, 0.3) is 11.8 Å². The Bertz CT molecular complexity index is 747. The first kappa shape index (κ1) is 18.9. The molecule has 1 saturated carbocycles. The molecule has 0 unspecified atom stereocenters. The molecular formula is C19H23N3O5. The number of rotatable bonds is 8. The average molecular weight is 373 g/mol. The second-order valence-corrected chi connectivity index (χ2v) is 7.04. The summed E-state index contributed by atoms with van der Waals surface area (Å²) in [6.07, 6.45) is 2.43. The molecule has 2 fully saturated rings. The van der Waals surface area contributed by atoms with Crippen molar-refractivity contribution in [3.8, 4) is 0 Å². The summed E-state index contributed by atoms with van der Waals surface area (Å²) in [6.45, 7) is 1.16. The molecule has 1 aliphatic carbocycles. The lowest BCUT2D eigenvalue weighted by Gasteiger charge is -2.20. The minimum absolute atomic E-state index is 0.116. The molecule has 144 valence electrons. The van der Waals surface area contributed by atoms with Gasteiger partial charge in [0.2, 0.25) is 0 Å². The van der Waals surface area contributed by atoms with E-state index in [1.54, 1.807) is 6.92 Å². The van der Waals surface area contributed by atoms with Crippen molar-refractivity contribution in [1.82, 2.24) is 15.5 Å². The zero-order valence-corrected chi connectivity index (χ0v) is 15.2. The molecule has 0 aromatic heterocycles. The van der Waals surface area contributed by atoms with Crippen LogP contribution in [0.3, 0.4) is 0 Å². The Balaban J connectivity index is 1.38. The van der Waals surface area contributed by atoms with Crippen LogP contribution in [0.1, 0.15) is 25.3 Å². The first-order valence-electron chi connectivity index (χ1n) is 9.00. The molecule has 1 aliphatic heterocycles. The Kier molecular flexibility index (Phi) is 5.43. The number of benzene rings is 1. The van der Waals surface area contributed by atoms with Crippen molar-refractivity contribution in [2.45, 2.75) is 31.7 Å². The first-order chi connectivity index (χ1) is 12.9. The predicted octanol–water partition coefficient (Wildman–Crippen LogP) is 0.609. The van der Waals surface area contributed by atoms with Gasteiger partial charge in [-0.1, -0.05) is 30.3 Å². The van der Waals surface area contributed by atoms with Crippen LogP contribution in [0.15, 0.2) is 30.3 Å². The molecule has 1 saturated heterocycles. The number of amides is 4. The third kappa shape index (κ3) is 4.45. The molecule has 3 rings (SSSR count). The summed E-state index contributed by atoms with van der Waals surface area (Å²) in [7, 11) is 0. The number of urea groups is 1. The monoisotopic (exact) mass is 373 g/mol. The SMILES string of the molecule is C[C@]1(C2CC2)NC(=O)N(CC(=O)OCC(=O)NCCc2ccccc2)C1=O. The Morgan fingerprint density at radius 2 is 1.96 bits per heavy atom. The smallest absolute Gasteiger partial charge is 0.326 e. The summed E-state index contributed by atoms with van der Waals surface area (Å²) in [5.74, 6) is -1.53. The minimum Gasteiger partial charge on any atom is -0.454 e. The number of carbonyl (C=O) groups is 4. The lowest BCUT2D eigenvalue weighted by Crippen LogP contribution is -2.46. The fourth-order valence-corrected chi connectivity index (χ4v) is 3.16. The molecule has 0 radical (unpaired) electrons. The summed E-state index contributed by atoms with van der Waals surface area (Å²) in [6, 6.07) is 9.07. The highest BCUT2D eigenvalue weighted by atomic mass is 16.5. The Hall–Kier alpha value is -2.90. The van der Waals surface area contributed by atoms with Gasteiger partial charge in [0.1, 0.15) is 12.1 Å². The number of nitrogens with zero attached hydrogens (tertiary/aromatic N) is 1. The van der Waals surface area contributed by atoms with Crippen LogP contribution in [0.2, 0.25) is 0 Å². The van der Waals surface area contributed by atoms with Crippen LogP contribution in [0.4, 0.5) is 4.79 Å². The quantitative estimate of drug-likeness (QED) is 0.513. The van der Waals surface area contributed by atoms with Crippen molar-refractivity contribution in [2.24, 2.45) is 5.92 Å². The van der Waals surface area contributed by atoms with Gasteiger partial charge in [0, 0.05) is 6.54 Å². The van der Waals surface area contributed by atoms with Crippen LogP contribution >= 0.6 is 0 Å². The fraction of sp³-hybridized carbons (Fsp3) is 0.474. The normalized spacial score (nSPS) is 21.7. The maximum Gasteiger partial charge on any atom is 0.326 e. The van der Waals surface area contributed by atoms with E-state index in [-0.39, 0.29) is 5.92 Å². The maximum absolute atomic E-state index is 12.4. The van der Waals surface area contributed by atoms with E-state index in [0.717, 1.165) is 23.3 Å². The highest BCUT2D eigenvalue weighted by molar-refractivity contribution is 6.08. The van der Waals surface area contributed by atoms with Gasteiger partial charge in [0.05, 0.1) is 0 Å². The van der Waals surface area contributed by atoms with Crippen LogP contribution in [0.25, 0.3) is 0 Å². The average Bonchev–Trinajstić information content (AvgIpc) is 3.47. The molecule has 1 heterocycles. The summed E-state index contributed by atoms with van der Waals surface area (Å²) >= 11 is 0. The van der Waals surface area contributed by atoms with Gasteiger partial charge >= 0.3 is 12.0 Å². The molecule has 1 aromatic rings. The molecule has 0 spiro atoms. The highest BCUT2D eigenvalue weighted by Gasteiger charge is 2.56. The molecule has 1 atom stereocenters. The third-order valence-electron chi connectivity index (χ3n) is 4.93. The standard InChI is InChI=1S/C19H23N3O5/c1-19(14-7-8-14)17(25)22(18(26)21-19)11-16(24)27-12-15(23)20-10-9-13-5-3-2-4-6-13/h2-6,14H,7-12H2,1H3,(H,20,23)(H,21,26)/t19-/m1/s1. The lowest BCUT2D eigenvalue weighted by molar-refractivity contribution is -0.151. The summed E-state index contributed by atoms with van der Waals surface area (Å²) in [4.78, 5) is 48.9. The highest BCUT2D eigenvalue weighted by Crippen LogP contribution is 2.42. The molecule has 1 aromatic carbocycles. The van der Waals surface area contributed by atoms with Gasteiger partial charge < -0.3 is 15.4 Å². The number of esters is 1. The van der Waals surface area contributed by atoms with E-state index in [4.69, 9.17) is 4.74 Å². The molecular weight excluding hydrogens is 350 g/mol. The summed E-state index contributed by atoms with van der Waals surface area (Å²) < 4.78 is 4.88. The number of hydrogen-bond acceptors (Lipinski definition) is 5. The number of carbonyl (C=O) groups excluding carboxylic acids is 4. The molecule has 27 heavy (non-hydrogen) atoms. The number of ether oxygens (including phenoxy) is 1.